The molecular weight excluding hydrogens is 368 g/mol. The van der Waals surface area contributed by atoms with Gasteiger partial charge in [0, 0.05) is 17.7 Å². The fraction of sp³-hybridized carbons (Fsp3) is 0.105. The van der Waals surface area contributed by atoms with Crippen LogP contribution < -0.4 is 0 Å². The number of hydrogen-bond acceptors (Lipinski definition) is 6. The largest absolute Gasteiger partial charge is 0.507 e. The molecule has 0 aromatic heterocycles. The van der Waals surface area contributed by atoms with E-state index >= 15 is 0 Å². The van der Waals surface area contributed by atoms with Gasteiger partial charge in [-0.15, -0.1) is 0 Å². The van der Waals surface area contributed by atoms with E-state index < -0.39 is 40.9 Å². The maximum Gasteiger partial charge on any atom is 0.323 e. The number of aliphatic hydroxyl groups excluding tert-OH is 1. The second-order valence-electron chi connectivity index (χ2n) is 6.04. The molecule has 0 radical (unpaired) electrons. The van der Waals surface area contributed by atoms with Crippen LogP contribution >= 0.6 is 0 Å². The zero-order valence-corrected chi connectivity index (χ0v) is 14.3. The number of nitrogens with zero attached hydrogens (tertiary/aromatic N) is 2. The Morgan fingerprint density at radius 1 is 1.07 bits per heavy atom. The van der Waals surface area contributed by atoms with Crippen molar-refractivity contribution in [3.63, 3.8) is 0 Å². The molecule has 0 saturated carbocycles. The van der Waals surface area contributed by atoms with Gasteiger partial charge in [-0.25, -0.2) is 0 Å². The van der Waals surface area contributed by atoms with Crippen LogP contribution in [0.1, 0.15) is 17.2 Å². The van der Waals surface area contributed by atoms with E-state index in [0.717, 1.165) is 11.0 Å². The maximum atomic E-state index is 12.6. The molecule has 9 nitrogen and oxygen atoms in total. The minimum absolute atomic E-state index is 0.145. The number of carboxylic acids is 1. The minimum atomic E-state index is -1.36. The molecule has 2 N–H and O–H groups in total. The maximum absolute atomic E-state index is 12.6. The average Bonchev–Trinajstić information content (AvgIpc) is 2.92. The highest BCUT2D eigenvalue weighted by atomic mass is 16.6. The smallest absolute Gasteiger partial charge is 0.323 e. The number of hydrogen-bond donors (Lipinski definition) is 2. The number of carbonyl (C=O) groups is 3. The molecule has 1 amide bonds. The van der Waals surface area contributed by atoms with Crippen molar-refractivity contribution in [3.8, 4) is 0 Å². The molecule has 1 heterocycles. The number of nitro groups is 1. The van der Waals surface area contributed by atoms with E-state index in [1.54, 1.807) is 18.2 Å². The van der Waals surface area contributed by atoms with Crippen LogP contribution in [0.3, 0.4) is 0 Å². The Bertz CT molecular complexity index is 1010. The van der Waals surface area contributed by atoms with E-state index in [4.69, 9.17) is 5.11 Å². The third-order valence-electron chi connectivity index (χ3n) is 4.29. The van der Waals surface area contributed by atoms with Gasteiger partial charge in [0.15, 0.2) is 0 Å². The number of benzene rings is 2. The summed E-state index contributed by atoms with van der Waals surface area (Å²) in [6, 6.07) is 11.8. The number of nitro benzene ring substituents is 1. The Balaban J connectivity index is 2.23. The predicted octanol–water partition coefficient (Wildman–Crippen LogP) is 2.10. The van der Waals surface area contributed by atoms with Crippen LogP contribution in [-0.2, 0) is 14.4 Å². The summed E-state index contributed by atoms with van der Waals surface area (Å²) in [7, 11) is 0. The number of rotatable bonds is 5. The molecule has 2 aromatic carbocycles. The number of ketones is 1. The number of aliphatic carboxylic acids is 1. The summed E-state index contributed by atoms with van der Waals surface area (Å²) in [4.78, 5) is 47.4. The van der Waals surface area contributed by atoms with Crippen molar-refractivity contribution in [2.75, 3.05) is 6.54 Å². The van der Waals surface area contributed by atoms with E-state index in [1.165, 1.54) is 30.3 Å². The summed E-state index contributed by atoms with van der Waals surface area (Å²) < 4.78 is 0. The lowest BCUT2D eigenvalue weighted by molar-refractivity contribution is -0.384. The zero-order valence-electron chi connectivity index (χ0n) is 14.3. The number of amides is 1. The van der Waals surface area contributed by atoms with E-state index in [9.17, 15) is 29.6 Å². The van der Waals surface area contributed by atoms with Gasteiger partial charge in [-0.1, -0.05) is 42.5 Å². The second kappa shape index (κ2) is 7.31. The van der Waals surface area contributed by atoms with E-state index in [0.29, 0.717) is 0 Å². The topological polar surface area (TPSA) is 138 Å². The van der Waals surface area contributed by atoms with Crippen molar-refractivity contribution >= 4 is 29.1 Å². The summed E-state index contributed by atoms with van der Waals surface area (Å²) in [5, 5.41) is 30.9. The summed E-state index contributed by atoms with van der Waals surface area (Å²) >= 11 is 0. The molecule has 28 heavy (non-hydrogen) atoms. The van der Waals surface area contributed by atoms with Crippen LogP contribution in [0.15, 0.2) is 60.2 Å². The van der Waals surface area contributed by atoms with Gasteiger partial charge >= 0.3 is 5.97 Å². The highest BCUT2D eigenvalue weighted by Gasteiger charge is 2.47. The quantitative estimate of drug-likeness (QED) is 0.265. The van der Waals surface area contributed by atoms with Gasteiger partial charge in [0.2, 0.25) is 0 Å². The Hall–Kier alpha value is -4.01. The lowest BCUT2D eigenvalue weighted by Gasteiger charge is -2.23. The number of carbonyl (C=O) groups excluding carboxylic acids is 2. The molecule has 1 fully saturated rings. The molecular formula is C19H14N2O7. The SMILES string of the molecule is O=C(O)CN1C(=O)C(=O)C(=C(O)c2ccccc2)[C@@H]1c1cccc([N+](=O)[O-])c1. The second-order valence-corrected chi connectivity index (χ2v) is 6.04. The molecule has 3 rings (SSSR count). The molecule has 0 spiro atoms. The third-order valence-corrected chi connectivity index (χ3v) is 4.29. The molecule has 0 unspecified atom stereocenters. The van der Waals surface area contributed by atoms with Crippen molar-refractivity contribution in [3.05, 3.63) is 81.4 Å². The molecule has 0 bridgehead atoms. The average molecular weight is 382 g/mol. The lowest BCUT2D eigenvalue weighted by Crippen LogP contribution is -2.34. The van der Waals surface area contributed by atoms with Gasteiger partial charge in [0.05, 0.1) is 16.5 Å². The Labute approximate surface area is 158 Å². The van der Waals surface area contributed by atoms with Gasteiger partial charge < -0.3 is 15.1 Å². The summed E-state index contributed by atoms with van der Waals surface area (Å²) in [5.41, 5.74) is -0.213. The number of non-ortho nitro benzene ring substituents is 1. The van der Waals surface area contributed by atoms with Gasteiger partial charge in [-0.3, -0.25) is 24.5 Å². The normalized spacial score (nSPS) is 18.3. The van der Waals surface area contributed by atoms with Gasteiger partial charge in [-0.05, 0) is 5.56 Å². The standard InChI is InChI=1S/C19H14N2O7/c22-14(23)10-20-16(12-7-4-8-13(9-12)21(27)28)15(18(25)19(20)26)17(24)11-5-2-1-3-6-11/h1-9,16,24H,10H2,(H,22,23)/t16-/m0/s1. The van der Waals surface area contributed by atoms with Gasteiger partial charge in [0.25, 0.3) is 17.4 Å². The molecule has 2 aromatic rings. The van der Waals surface area contributed by atoms with Gasteiger partial charge in [-0.2, -0.15) is 0 Å². The van der Waals surface area contributed by atoms with Crippen molar-refractivity contribution in [1.29, 1.82) is 0 Å². The van der Waals surface area contributed by atoms with Crippen LogP contribution in [0.4, 0.5) is 5.69 Å². The van der Waals surface area contributed by atoms with Crippen molar-refractivity contribution < 1.29 is 29.5 Å². The molecule has 1 saturated heterocycles. The molecule has 1 aliphatic rings. The van der Waals surface area contributed by atoms with E-state index in [-0.39, 0.29) is 22.4 Å². The highest BCUT2D eigenvalue weighted by molar-refractivity contribution is 6.46. The first-order valence-electron chi connectivity index (χ1n) is 8.11. The van der Waals surface area contributed by atoms with Crippen LogP contribution in [0.2, 0.25) is 0 Å². The summed E-state index contributed by atoms with van der Waals surface area (Å²) in [6.45, 7) is -0.802. The molecule has 142 valence electrons. The van der Waals surface area contributed by atoms with Crippen LogP contribution in [-0.4, -0.2) is 44.2 Å². The zero-order chi connectivity index (χ0) is 20.4. The number of Topliss-reactive ketones (excluding diaryl/α,β-unsaturated/α-hetero) is 1. The molecule has 1 atom stereocenters. The van der Waals surface area contributed by atoms with Gasteiger partial charge in [0.1, 0.15) is 12.3 Å². The molecule has 0 aliphatic carbocycles. The minimum Gasteiger partial charge on any atom is -0.507 e. The van der Waals surface area contributed by atoms with Crippen LogP contribution in [0, 0.1) is 10.1 Å². The Morgan fingerprint density at radius 2 is 1.75 bits per heavy atom. The summed E-state index contributed by atoms with van der Waals surface area (Å²) in [5.74, 6) is -4.00. The molecule has 1 aliphatic heterocycles. The first-order chi connectivity index (χ1) is 13.3. The number of likely N-dealkylation sites (tertiary alicyclic amines) is 1. The first kappa shape index (κ1) is 18.8. The van der Waals surface area contributed by atoms with Crippen molar-refractivity contribution in [2.45, 2.75) is 6.04 Å². The van der Waals surface area contributed by atoms with Crippen LogP contribution in [0.25, 0.3) is 5.76 Å². The van der Waals surface area contributed by atoms with E-state index in [2.05, 4.69) is 0 Å². The van der Waals surface area contributed by atoms with E-state index in [1.807, 2.05) is 0 Å². The fourth-order valence-electron chi connectivity index (χ4n) is 3.10. The molecule has 9 heteroatoms. The Kier molecular flexibility index (Phi) is 4.90. The monoisotopic (exact) mass is 382 g/mol. The number of carboxylic acid groups (broad SMARTS) is 1. The predicted molar refractivity (Wildman–Crippen MR) is 96.2 cm³/mol. The lowest BCUT2D eigenvalue weighted by atomic mass is 9.95. The van der Waals surface area contributed by atoms with Crippen molar-refractivity contribution in [2.24, 2.45) is 0 Å². The Morgan fingerprint density at radius 3 is 2.36 bits per heavy atom. The summed E-state index contributed by atoms with van der Waals surface area (Å²) in [6.07, 6.45) is 0. The highest BCUT2D eigenvalue weighted by Crippen LogP contribution is 2.39. The first-order valence-corrected chi connectivity index (χ1v) is 8.11. The third kappa shape index (κ3) is 3.32. The number of aliphatic hydroxyl groups is 1. The van der Waals surface area contributed by atoms with Crippen LogP contribution in [0.5, 0.6) is 0 Å². The fourth-order valence-corrected chi connectivity index (χ4v) is 3.10. The van der Waals surface area contributed by atoms with Crippen molar-refractivity contribution in [1.82, 2.24) is 4.90 Å².